The molecular weight excluding hydrogens is 738 g/mol. The van der Waals surface area contributed by atoms with Crippen LogP contribution in [-0.2, 0) is 43.1 Å². The molecule has 2 aromatic rings. The number of methoxy groups -OCH3 is 2. The first-order valence-electron chi connectivity index (χ1n) is 18.2. The molecule has 0 bridgehead atoms. The molecule has 1 aromatic carbocycles. The summed E-state index contributed by atoms with van der Waals surface area (Å²) >= 11 is 0. The van der Waals surface area contributed by atoms with E-state index in [0.29, 0.717) is 17.6 Å². The summed E-state index contributed by atoms with van der Waals surface area (Å²) < 4.78 is 53.9. The molecule has 18 heteroatoms. The van der Waals surface area contributed by atoms with E-state index in [2.05, 4.69) is 41.1 Å². The van der Waals surface area contributed by atoms with Gasteiger partial charge in [-0.05, 0) is 81.5 Å². The molecule has 3 fully saturated rings. The predicted octanol–water partition coefficient (Wildman–Crippen LogP) is 3.88. The van der Waals surface area contributed by atoms with Crippen molar-refractivity contribution in [3.05, 3.63) is 30.5 Å². The Balaban J connectivity index is 0.00000229. The molecule has 3 aliphatic rings. The number of esters is 1. The molecule has 0 unspecified atom stereocenters. The number of pyridine rings is 1. The number of alkyl carbamates (subject to hydrolysis) is 1. The lowest BCUT2D eigenvalue weighted by Crippen LogP contribution is -2.57. The SMILES string of the molecule is CC(C)C.CC[C@@H]1C[C@]1(NC(=O)[C@@H]1C[C@@H](Oc2nccc3cc(OC)ccc23)CN1C(=O)CNC(=O)OC(C)(C)C)C(=O)NS(=O)(=O)OC1(C(=O)OC)CC1.[HH].[HH].[HH]. The highest BCUT2D eigenvalue weighted by molar-refractivity contribution is 7.85. The van der Waals surface area contributed by atoms with Crippen molar-refractivity contribution in [2.45, 2.75) is 109 Å². The third-order valence-electron chi connectivity index (χ3n) is 8.98. The average molecular weight is 798 g/mol. The van der Waals surface area contributed by atoms with Gasteiger partial charge in [0.2, 0.25) is 17.7 Å². The average Bonchev–Trinajstić information content (AvgIpc) is 3.99. The van der Waals surface area contributed by atoms with Gasteiger partial charge >= 0.3 is 22.4 Å². The van der Waals surface area contributed by atoms with Gasteiger partial charge < -0.3 is 34.5 Å². The first kappa shape index (κ1) is 43.0. The van der Waals surface area contributed by atoms with Crippen LogP contribution in [-0.4, -0.2) is 104 Å². The second-order valence-corrected chi connectivity index (χ2v) is 16.8. The summed E-state index contributed by atoms with van der Waals surface area (Å²) in [6.07, 6.45) is 0.679. The van der Waals surface area contributed by atoms with Crippen molar-refractivity contribution in [1.29, 1.82) is 0 Å². The Morgan fingerprint density at radius 1 is 1.07 bits per heavy atom. The normalized spacial score (nSPS) is 22.4. The molecule has 1 saturated heterocycles. The van der Waals surface area contributed by atoms with Crippen molar-refractivity contribution in [1.82, 2.24) is 25.2 Å². The number of benzene rings is 1. The Labute approximate surface area is 326 Å². The molecule has 4 atom stereocenters. The number of nitrogens with one attached hydrogen (secondary N) is 3. The van der Waals surface area contributed by atoms with E-state index in [0.717, 1.165) is 18.4 Å². The fourth-order valence-corrected chi connectivity index (χ4v) is 7.25. The number of amides is 4. The number of fused-ring (bicyclic) bond motifs is 1. The highest BCUT2D eigenvalue weighted by Crippen LogP contribution is 2.47. The summed E-state index contributed by atoms with van der Waals surface area (Å²) in [6.45, 7) is 12.7. The Kier molecular flexibility index (Phi) is 13.3. The highest BCUT2D eigenvalue weighted by Gasteiger charge is 2.63. The lowest BCUT2D eigenvalue weighted by Gasteiger charge is -2.27. The number of hydrogen-bond acceptors (Lipinski definition) is 13. The van der Waals surface area contributed by atoms with Gasteiger partial charge in [0.25, 0.3) is 5.91 Å². The van der Waals surface area contributed by atoms with E-state index in [1.54, 1.807) is 59.2 Å². The van der Waals surface area contributed by atoms with Gasteiger partial charge in [-0.2, -0.15) is 8.42 Å². The van der Waals surface area contributed by atoms with Crippen LogP contribution in [0.2, 0.25) is 0 Å². The minimum absolute atomic E-state index is 0. The smallest absolute Gasteiger partial charge is 0.408 e. The first-order chi connectivity index (χ1) is 25.7. The van der Waals surface area contributed by atoms with Gasteiger partial charge in [0.15, 0.2) is 5.60 Å². The highest BCUT2D eigenvalue weighted by atomic mass is 32.2. The zero-order valence-electron chi connectivity index (χ0n) is 32.8. The second-order valence-electron chi connectivity index (χ2n) is 15.6. The van der Waals surface area contributed by atoms with E-state index in [1.807, 2.05) is 10.8 Å². The summed E-state index contributed by atoms with van der Waals surface area (Å²) in [5.41, 5.74) is -4.16. The number of carbonyl (C=O) groups is 5. The predicted molar refractivity (Wildman–Crippen MR) is 205 cm³/mol. The topological polar surface area (TPSA) is 218 Å². The molecule has 3 N–H and O–H groups in total. The maximum absolute atomic E-state index is 14.0. The van der Waals surface area contributed by atoms with Crippen molar-refractivity contribution in [3.63, 3.8) is 0 Å². The molecule has 2 aliphatic carbocycles. The number of rotatable bonds is 13. The number of nitrogens with zero attached hydrogens (tertiary/aromatic N) is 2. The number of likely N-dealkylation sites (tertiary alicyclic amines) is 1. The van der Waals surface area contributed by atoms with Crippen molar-refractivity contribution >= 4 is 50.9 Å². The van der Waals surface area contributed by atoms with Crippen LogP contribution in [0, 0.1) is 11.8 Å². The minimum Gasteiger partial charge on any atom is -0.497 e. The number of carbonyl (C=O) groups excluding carboxylic acids is 5. The summed E-state index contributed by atoms with van der Waals surface area (Å²) in [4.78, 5) is 71.0. The van der Waals surface area contributed by atoms with Crippen molar-refractivity contribution in [3.8, 4) is 11.6 Å². The molecule has 0 spiro atoms. The third-order valence-corrected chi connectivity index (χ3v) is 9.95. The second kappa shape index (κ2) is 17.0. The number of hydrogen-bond donors (Lipinski definition) is 3. The molecule has 2 saturated carbocycles. The van der Waals surface area contributed by atoms with E-state index < -0.39 is 81.4 Å². The molecule has 1 aromatic heterocycles. The van der Waals surface area contributed by atoms with E-state index in [-0.39, 0.29) is 42.4 Å². The molecule has 4 amide bonds. The Bertz CT molecular complexity index is 1890. The number of aromatic nitrogens is 1. The molecule has 0 radical (unpaired) electrons. The first-order valence-corrected chi connectivity index (χ1v) is 19.6. The third kappa shape index (κ3) is 11.0. The van der Waals surface area contributed by atoms with Crippen molar-refractivity contribution in [2.75, 3.05) is 27.3 Å². The van der Waals surface area contributed by atoms with Gasteiger partial charge in [0.1, 0.15) is 35.6 Å². The van der Waals surface area contributed by atoms with Crippen LogP contribution in [0.4, 0.5) is 4.79 Å². The maximum Gasteiger partial charge on any atom is 0.408 e. The molecule has 55 heavy (non-hydrogen) atoms. The summed E-state index contributed by atoms with van der Waals surface area (Å²) in [6, 6.07) is 5.93. The monoisotopic (exact) mass is 797 g/mol. The van der Waals surface area contributed by atoms with Crippen molar-refractivity contribution < 1.29 is 59.8 Å². The molecule has 5 rings (SSSR count). The quantitative estimate of drug-likeness (QED) is 0.246. The molecule has 1 aliphatic heterocycles. The fourth-order valence-electron chi connectivity index (χ4n) is 6.15. The summed E-state index contributed by atoms with van der Waals surface area (Å²) in [5, 5.41) is 6.55. The van der Waals surface area contributed by atoms with E-state index in [1.165, 1.54) is 4.90 Å². The van der Waals surface area contributed by atoms with Gasteiger partial charge in [-0.1, -0.05) is 34.1 Å². The molecule has 17 nitrogen and oxygen atoms in total. The Hall–Kier alpha value is -4.71. The minimum atomic E-state index is -4.78. The van der Waals surface area contributed by atoms with Crippen LogP contribution in [0.15, 0.2) is 30.5 Å². The van der Waals surface area contributed by atoms with Crippen LogP contribution in [0.25, 0.3) is 10.8 Å². The lowest BCUT2D eigenvalue weighted by atomic mass is 10.1. The zero-order chi connectivity index (χ0) is 40.9. The standard InChI is InChI=1S/C33H43N5O12S.C4H10.3H2/c1-7-20-16-33(20,28(41)37-51(44,45)50-32(11-12-32)29(42)47-6)36-26(40)24-15-22(18-38(24)25(39)17-35-30(43)49-31(2,3)4)48-27-23-9-8-21(46-5)14-19(23)10-13-34-27;1-4(2)3;;;/h8-10,13-14,20,22,24H,7,11-12,15-18H2,1-6H3,(H,35,43)(H,36,40)(H,37,41);4H,1-3H3;3*1H/t20-,22-,24+,33-;;;;/m1..../s1. The van der Waals surface area contributed by atoms with Gasteiger partial charge in [0.05, 0.1) is 20.8 Å². The molecule has 2 heterocycles. The fraction of sp³-hybridized carbons (Fsp3) is 0.622. The zero-order valence-corrected chi connectivity index (χ0v) is 33.7. The van der Waals surface area contributed by atoms with Gasteiger partial charge in [-0.25, -0.2) is 23.5 Å². The molecular formula is C37H59N5O12S. The Morgan fingerprint density at radius 2 is 1.75 bits per heavy atom. The van der Waals surface area contributed by atoms with Gasteiger partial charge in [-0.15, -0.1) is 0 Å². The van der Waals surface area contributed by atoms with Crippen LogP contribution in [0.5, 0.6) is 11.6 Å². The number of ether oxygens (including phenoxy) is 4. The van der Waals surface area contributed by atoms with E-state index in [4.69, 9.17) is 18.4 Å². The Morgan fingerprint density at radius 3 is 2.31 bits per heavy atom. The van der Waals surface area contributed by atoms with E-state index in [9.17, 15) is 32.4 Å². The molecule has 310 valence electrons. The van der Waals surface area contributed by atoms with Crippen LogP contribution >= 0.6 is 0 Å². The van der Waals surface area contributed by atoms with Gasteiger partial charge in [0, 0.05) is 22.3 Å². The van der Waals surface area contributed by atoms with Gasteiger partial charge in [-0.3, -0.25) is 14.4 Å². The van der Waals surface area contributed by atoms with E-state index >= 15 is 0 Å². The van der Waals surface area contributed by atoms with Crippen LogP contribution in [0.1, 0.15) is 84.9 Å². The maximum atomic E-state index is 14.0. The summed E-state index contributed by atoms with van der Waals surface area (Å²) in [5.74, 6) is -2.01. The largest absolute Gasteiger partial charge is 0.497 e. The summed E-state index contributed by atoms with van der Waals surface area (Å²) in [7, 11) is -2.14. The van der Waals surface area contributed by atoms with Crippen molar-refractivity contribution in [2.24, 2.45) is 11.8 Å². The van der Waals surface area contributed by atoms with Crippen LogP contribution < -0.4 is 24.8 Å². The lowest BCUT2D eigenvalue weighted by molar-refractivity contribution is -0.151. The van der Waals surface area contributed by atoms with Crippen LogP contribution in [0.3, 0.4) is 0 Å².